The van der Waals surface area contributed by atoms with Gasteiger partial charge in [-0.05, 0) is 75.9 Å². The van der Waals surface area contributed by atoms with Crippen LogP contribution >= 0.6 is 0 Å². The number of carbonyl (C=O) groups excluding carboxylic acids is 1. The Hall–Kier alpha value is -2.94. The molecule has 2 saturated carbocycles. The maximum Gasteiger partial charge on any atom is 0.270 e. The number of nitrogens with zero attached hydrogens (tertiary/aromatic N) is 7. The fourth-order valence-corrected chi connectivity index (χ4v) is 6.72. The molecule has 1 amide bonds. The van der Waals surface area contributed by atoms with Crippen LogP contribution in [0.5, 0.6) is 0 Å². The third-order valence-corrected chi connectivity index (χ3v) is 8.68. The van der Waals surface area contributed by atoms with Crippen molar-refractivity contribution in [1.82, 2.24) is 34.1 Å². The lowest BCUT2D eigenvalue weighted by atomic mass is 10.2. The Morgan fingerprint density at radius 1 is 1.09 bits per heavy atom. The van der Waals surface area contributed by atoms with Crippen molar-refractivity contribution in [3.8, 4) is 0 Å². The molecule has 4 aliphatic rings. The number of aromatic nitrogens is 5. The van der Waals surface area contributed by atoms with Gasteiger partial charge in [0.25, 0.3) is 5.91 Å². The number of hydrogen-bond acceptors (Lipinski definition) is 6. The van der Waals surface area contributed by atoms with Crippen LogP contribution in [0, 0.1) is 11.8 Å². The molecule has 9 nitrogen and oxygen atoms in total. The predicted molar refractivity (Wildman–Crippen MR) is 134 cm³/mol. The maximum atomic E-state index is 13.5. The van der Waals surface area contributed by atoms with Gasteiger partial charge in [-0.3, -0.25) is 4.79 Å². The maximum absolute atomic E-state index is 13.5. The standard InChI is InChI=1S/C26H34N8O/c1-31-15-20(12-23(31)25(35)33-8-4-5-21(33)16-32-6-2-3-7-32)29-26-27-13-19-14-28-34(24(19)30-26)22-10-17-9-18(17)11-22/h12-15,17-18,21-22H,2-11,16H2,1H3,(H,27,29,30)/t17-,18+,21-,22?/m0/s1. The summed E-state index contributed by atoms with van der Waals surface area (Å²) in [5.41, 5.74) is 2.43. The molecule has 35 heavy (non-hydrogen) atoms. The van der Waals surface area contributed by atoms with Gasteiger partial charge in [0.15, 0.2) is 5.65 Å². The Bertz CT molecular complexity index is 1250. The number of likely N-dealkylation sites (tertiary alicyclic amines) is 2. The highest BCUT2D eigenvalue weighted by Gasteiger charge is 2.47. The van der Waals surface area contributed by atoms with Gasteiger partial charge in [-0.25, -0.2) is 9.67 Å². The summed E-state index contributed by atoms with van der Waals surface area (Å²) in [6.07, 6.45) is 14.2. The first-order chi connectivity index (χ1) is 17.1. The Kier molecular flexibility index (Phi) is 5.08. The van der Waals surface area contributed by atoms with Gasteiger partial charge >= 0.3 is 0 Å². The Labute approximate surface area is 205 Å². The SMILES string of the molecule is Cn1cc(Nc2ncc3cnn(C4C[C@@H]5C[C@@H]5C4)c3n2)cc1C(=O)N1CCC[C@H]1CN1CCCC1. The van der Waals surface area contributed by atoms with Gasteiger partial charge in [-0.15, -0.1) is 0 Å². The van der Waals surface area contributed by atoms with Crippen LogP contribution in [0.3, 0.4) is 0 Å². The van der Waals surface area contributed by atoms with Gasteiger partial charge in [-0.2, -0.15) is 10.1 Å². The van der Waals surface area contributed by atoms with E-state index >= 15 is 0 Å². The molecule has 5 heterocycles. The summed E-state index contributed by atoms with van der Waals surface area (Å²) >= 11 is 0. The molecule has 1 unspecified atom stereocenters. The summed E-state index contributed by atoms with van der Waals surface area (Å²) in [5.74, 6) is 2.45. The molecule has 0 radical (unpaired) electrons. The molecular weight excluding hydrogens is 440 g/mol. The first kappa shape index (κ1) is 21.4. The van der Waals surface area contributed by atoms with E-state index in [9.17, 15) is 4.79 Å². The zero-order chi connectivity index (χ0) is 23.5. The van der Waals surface area contributed by atoms with Crippen LogP contribution in [0.2, 0.25) is 0 Å². The van der Waals surface area contributed by atoms with Crippen LogP contribution in [-0.4, -0.2) is 72.2 Å². The second-order valence-electron chi connectivity index (χ2n) is 11.1. The Balaban J connectivity index is 1.08. The van der Waals surface area contributed by atoms with Crippen LogP contribution in [0.1, 0.15) is 61.5 Å². The number of anilines is 2. The lowest BCUT2D eigenvalue weighted by Gasteiger charge is -2.28. The fraction of sp³-hybridized carbons (Fsp3) is 0.615. The van der Waals surface area contributed by atoms with Crippen molar-refractivity contribution in [2.24, 2.45) is 18.9 Å². The summed E-state index contributed by atoms with van der Waals surface area (Å²) in [6, 6.07) is 2.71. The lowest BCUT2D eigenvalue weighted by molar-refractivity contribution is 0.0699. The highest BCUT2D eigenvalue weighted by molar-refractivity contribution is 5.94. The topological polar surface area (TPSA) is 84.1 Å². The molecule has 0 spiro atoms. The van der Waals surface area contributed by atoms with E-state index in [1.54, 1.807) is 0 Å². The Morgan fingerprint density at radius 2 is 1.91 bits per heavy atom. The van der Waals surface area contributed by atoms with Gasteiger partial charge in [-0.1, -0.05) is 0 Å². The third kappa shape index (κ3) is 3.90. The van der Waals surface area contributed by atoms with Crippen molar-refractivity contribution in [1.29, 1.82) is 0 Å². The monoisotopic (exact) mass is 474 g/mol. The lowest BCUT2D eigenvalue weighted by Crippen LogP contribution is -2.43. The summed E-state index contributed by atoms with van der Waals surface area (Å²) in [4.78, 5) is 27.4. The van der Waals surface area contributed by atoms with Gasteiger partial charge in [0.2, 0.25) is 5.95 Å². The van der Waals surface area contributed by atoms with Gasteiger partial charge < -0.3 is 19.7 Å². The van der Waals surface area contributed by atoms with Gasteiger partial charge in [0.1, 0.15) is 5.69 Å². The van der Waals surface area contributed by atoms with Crippen molar-refractivity contribution in [2.75, 3.05) is 31.5 Å². The first-order valence-electron chi connectivity index (χ1n) is 13.3. The normalized spacial score (nSPS) is 28.2. The average molecular weight is 475 g/mol. The number of nitrogens with one attached hydrogen (secondary N) is 1. The zero-order valence-electron chi connectivity index (χ0n) is 20.4. The van der Waals surface area contributed by atoms with E-state index in [-0.39, 0.29) is 5.91 Å². The molecule has 9 heteroatoms. The minimum absolute atomic E-state index is 0.122. The largest absolute Gasteiger partial charge is 0.344 e. The van der Waals surface area contributed by atoms with Crippen LogP contribution in [0.4, 0.5) is 11.6 Å². The second kappa shape index (κ2) is 8.33. The molecule has 4 fully saturated rings. The molecule has 3 aromatic heterocycles. The van der Waals surface area contributed by atoms with Crippen molar-refractivity contribution < 1.29 is 4.79 Å². The fourth-order valence-electron chi connectivity index (χ4n) is 6.72. The van der Waals surface area contributed by atoms with Crippen LogP contribution in [0.25, 0.3) is 11.0 Å². The quantitative estimate of drug-likeness (QED) is 0.588. The van der Waals surface area contributed by atoms with E-state index < -0.39 is 0 Å². The second-order valence-corrected chi connectivity index (χ2v) is 11.1. The highest BCUT2D eigenvalue weighted by Crippen LogP contribution is 2.56. The minimum atomic E-state index is 0.122. The van der Waals surface area contributed by atoms with Crippen molar-refractivity contribution in [3.63, 3.8) is 0 Å². The molecular formula is C26H34N8O. The minimum Gasteiger partial charge on any atom is -0.344 e. The number of hydrogen-bond donors (Lipinski definition) is 1. The number of amides is 1. The van der Waals surface area contributed by atoms with E-state index in [4.69, 9.17) is 4.98 Å². The molecule has 7 rings (SSSR count). The van der Waals surface area contributed by atoms with E-state index in [0.717, 1.165) is 54.5 Å². The van der Waals surface area contributed by atoms with E-state index in [1.807, 2.05) is 36.3 Å². The van der Waals surface area contributed by atoms with Crippen molar-refractivity contribution in [2.45, 2.75) is 57.0 Å². The average Bonchev–Trinajstić information content (AvgIpc) is 3.49. The summed E-state index contributed by atoms with van der Waals surface area (Å²) in [6.45, 7) is 4.19. The molecule has 0 bridgehead atoms. The summed E-state index contributed by atoms with van der Waals surface area (Å²) < 4.78 is 4.02. The van der Waals surface area contributed by atoms with E-state index in [2.05, 4.69) is 29.9 Å². The number of fused-ring (bicyclic) bond motifs is 2. The third-order valence-electron chi connectivity index (χ3n) is 8.68. The van der Waals surface area contributed by atoms with E-state index in [1.165, 1.54) is 45.2 Å². The van der Waals surface area contributed by atoms with E-state index in [0.29, 0.717) is 23.7 Å². The first-order valence-corrected chi connectivity index (χ1v) is 13.3. The molecule has 2 saturated heterocycles. The van der Waals surface area contributed by atoms with Crippen molar-refractivity contribution >= 4 is 28.6 Å². The van der Waals surface area contributed by atoms with Crippen molar-refractivity contribution in [3.05, 3.63) is 30.4 Å². The highest BCUT2D eigenvalue weighted by atomic mass is 16.2. The molecule has 1 N–H and O–H groups in total. The summed E-state index contributed by atoms with van der Waals surface area (Å²) in [5, 5.41) is 8.94. The van der Waals surface area contributed by atoms with Gasteiger partial charge in [0, 0.05) is 38.6 Å². The number of carbonyl (C=O) groups is 1. The number of rotatable bonds is 6. The summed E-state index contributed by atoms with van der Waals surface area (Å²) in [7, 11) is 1.94. The molecule has 2 aliphatic heterocycles. The predicted octanol–water partition coefficient (Wildman–Crippen LogP) is 3.58. The Morgan fingerprint density at radius 3 is 2.74 bits per heavy atom. The molecule has 4 atom stereocenters. The number of aryl methyl sites for hydroxylation is 1. The molecule has 2 aliphatic carbocycles. The molecule has 3 aromatic rings. The van der Waals surface area contributed by atoms with Crippen LogP contribution in [0.15, 0.2) is 24.7 Å². The van der Waals surface area contributed by atoms with Crippen LogP contribution in [-0.2, 0) is 7.05 Å². The molecule has 0 aromatic carbocycles. The smallest absolute Gasteiger partial charge is 0.270 e. The zero-order valence-corrected chi connectivity index (χ0v) is 20.4. The molecule has 184 valence electrons. The van der Waals surface area contributed by atoms with Crippen LogP contribution < -0.4 is 5.32 Å². The van der Waals surface area contributed by atoms with Gasteiger partial charge in [0.05, 0.1) is 23.3 Å².